The summed E-state index contributed by atoms with van der Waals surface area (Å²) in [4.78, 5) is 6.79. The average Bonchev–Trinajstić information content (AvgIpc) is 2.63. The van der Waals surface area contributed by atoms with Gasteiger partial charge in [0.25, 0.3) is 0 Å². The number of alkyl halides is 4. The van der Waals surface area contributed by atoms with Gasteiger partial charge in [0.1, 0.15) is 0 Å². The van der Waals surface area contributed by atoms with E-state index < -0.39 is 7.33 Å². The van der Waals surface area contributed by atoms with Crippen LogP contribution in [-0.2, 0) is 6.42 Å². The third-order valence-electron chi connectivity index (χ3n) is 1.65. The van der Waals surface area contributed by atoms with Crippen molar-refractivity contribution in [2.45, 2.75) is 13.8 Å². The van der Waals surface area contributed by atoms with Gasteiger partial charge in [-0.15, -0.1) is 6.58 Å². The van der Waals surface area contributed by atoms with Gasteiger partial charge in [-0.25, -0.2) is 4.98 Å². The lowest BCUT2D eigenvalue weighted by Crippen LogP contribution is -1.96. The van der Waals surface area contributed by atoms with E-state index >= 15 is 0 Å². The Kier molecular flexibility index (Phi) is 5.63. The van der Waals surface area contributed by atoms with Crippen molar-refractivity contribution in [1.82, 2.24) is 9.97 Å². The lowest BCUT2D eigenvalue weighted by Gasteiger charge is -1.93. The summed E-state index contributed by atoms with van der Waals surface area (Å²) in [6.07, 6.45) is 4.32. The highest BCUT2D eigenvalue weighted by Crippen LogP contribution is 2.74. The molecule has 2 rings (SSSR count). The minimum Gasteiger partial charge on any atom is -0.334 e. The zero-order valence-corrected chi connectivity index (χ0v) is 13.1. The van der Waals surface area contributed by atoms with Gasteiger partial charge < -0.3 is 4.98 Å². The van der Waals surface area contributed by atoms with Crippen LogP contribution in [0.15, 0.2) is 24.9 Å². The van der Waals surface area contributed by atoms with E-state index in [-0.39, 0.29) is 0 Å². The van der Waals surface area contributed by atoms with E-state index in [1.807, 2.05) is 12.1 Å². The summed E-state index contributed by atoms with van der Waals surface area (Å²) in [7, 11) is 0. The molecule has 0 radical (unpaired) electrons. The number of H-pyrrole nitrogens is 1. The van der Waals surface area contributed by atoms with Crippen LogP contribution in [0.2, 0.25) is 0 Å². The van der Waals surface area contributed by atoms with Gasteiger partial charge in [-0.2, -0.15) is 0 Å². The quantitative estimate of drug-likeness (QED) is 0.357. The van der Waals surface area contributed by atoms with Gasteiger partial charge >= 0.3 is 0 Å². The van der Waals surface area contributed by atoms with E-state index in [4.69, 9.17) is 58.6 Å². The molecule has 1 aromatic rings. The second kappa shape index (κ2) is 6.13. The lowest BCUT2D eigenvalue weighted by atomic mass is 10.3. The third kappa shape index (κ3) is 4.97. The molecule has 0 aliphatic carbocycles. The molecule has 1 aliphatic rings. The zero-order valence-electron chi connectivity index (χ0n) is 8.42. The maximum atomic E-state index is 5.40. The van der Waals surface area contributed by atoms with Crippen LogP contribution in [0.4, 0.5) is 0 Å². The topological polar surface area (TPSA) is 28.7 Å². The first-order valence-electron chi connectivity index (χ1n) is 4.39. The van der Waals surface area contributed by atoms with E-state index in [0.29, 0.717) is 4.77 Å². The normalized spacial score (nSPS) is 18.8. The van der Waals surface area contributed by atoms with Gasteiger partial charge in [0, 0.05) is 18.3 Å². The molecule has 0 aromatic carbocycles. The minimum atomic E-state index is -0.962. The molecule has 1 fully saturated rings. The van der Waals surface area contributed by atoms with E-state index in [2.05, 4.69) is 16.5 Å². The summed E-state index contributed by atoms with van der Waals surface area (Å²) in [5, 5.41) is 0. The Hall–Kier alpha value is 0.550. The molecule has 17 heavy (non-hydrogen) atoms. The Morgan fingerprint density at radius 2 is 1.94 bits per heavy atom. The first-order chi connectivity index (χ1) is 7.78. The van der Waals surface area contributed by atoms with Gasteiger partial charge in [-0.3, -0.25) is 0 Å². The summed E-state index contributed by atoms with van der Waals surface area (Å²) < 4.78 is -1.40. The van der Waals surface area contributed by atoms with Crippen LogP contribution in [0.25, 0.3) is 0 Å². The fourth-order valence-corrected chi connectivity index (χ4v) is 3.14. The van der Waals surface area contributed by atoms with Gasteiger partial charge in [0.2, 0.25) is 7.33 Å². The number of thioether (sulfide) groups is 1. The van der Waals surface area contributed by atoms with E-state index in [1.54, 1.807) is 6.20 Å². The third-order valence-corrected chi connectivity index (χ3v) is 5.68. The van der Waals surface area contributed by atoms with Crippen LogP contribution in [0.3, 0.4) is 0 Å². The first kappa shape index (κ1) is 15.6. The Morgan fingerprint density at radius 3 is 2.29 bits per heavy atom. The number of hydrogen-bond donors (Lipinski definition) is 1. The Labute approximate surface area is 129 Å². The van der Waals surface area contributed by atoms with Crippen LogP contribution in [0, 0.1) is 4.77 Å². The van der Waals surface area contributed by atoms with E-state index in [1.165, 1.54) is 0 Å². The predicted octanol–water partition coefficient (Wildman–Crippen LogP) is 4.86. The Morgan fingerprint density at radius 1 is 1.41 bits per heavy atom. The van der Waals surface area contributed by atoms with Crippen LogP contribution in [0.5, 0.6) is 0 Å². The minimum absolute atomic E-state index is 0.527. The van der Waals surface area contributed by atoms with Crippen molar-refractivity contribution in [3.05, 3.63) is 35.4 Å². The van der Waals surface area contributed by atoms with Crippen molar-refractivity contribution in [3.63, 3.8) is 0 Å². The second-order valence-corrected chi connectivity index (χ2v) is 8.40. The molecule has 0 bridgehead atoms. The molecule has 0 unspecified atom stereocenters. The molecular formula is C9H8Cl4N2S2. The maximum absolute atomic E-state index is 5.40. The van der Waals surface area contributed by atoms with Crippen LogP contribution in [-0.4, -0.2) is 17.3 Å². The average molecular weight is 350 g/mol. The zero-order chi connectivity index (χ0) is 13.1. The van der Waals surface area contributed by atoms with Gasteiger partial charge in [0.05, 0.1) is 0 Å². The highest BCUT2D eigenvalue weighted by molar-refractivity contribution is 8.16. The molecule has 94 valence electrons. The van der Waals surface area contributed by atoms with Gasteiger partial charge in [0.15, 0.2) is 4.77 Å². The Balaban J connectivity index is 0.000000181. The number of allylic oxidation sites excluding steroid dienone is 1. The van der Waals surface area contributed by atoms with Crippen molar-refractivity contribution in [3.8, 4) is 0 Å². The SMILES string of the molecule is C=CCc1ccnc(=S)[nH]1.ClC1(Cl)SC1(Cl)Cl. The molecule has 2 heterocycles. The molecule has 1 aromatic heterocycles. The number of nitrogens with zero attached hydrogens (tertiary/aromatic N) is 1. The summed E-state index contributed by atoms with van der Waals surface area (Å²) in [6.45, 7) is 3.61. The van der Waals surface area contributed by atoms with Crippen molar-refractivity contribution < 1.29 is 0 Å². The molecule has 0 atom stereocenters. The highest BCUT2D eigenvalue weighted by atomic mass is 35.5. The summed E-state index contributed by atoms with van der Waals surface area (Å²) in [6, 6.07) is 1.89. The van der Waals surface area contributed by atoms with Crippen LogP contribution in [0.1, 0.15) is 5.69 Å². The monoisotopic (exact) mass is 348 g/mol. The van der Waals surface area contributed by atoms with Crippen LogP contribution < -0.4 is 0 Å². The molecule has 2 nitrogen and oxygen atoms in total. The Bertz CT molecular complexity index is 446. The molecule has 8 heteroatoms. The van der Waals surface area contributed by atoms with Crippen LogP contribution >= 0.6 is 70.4 Å². The maximum Gasteiger partial charge on any atom is 0.208 e. The van der Waals surface area contributed by atoms with Crippen molar-refractivity contribution in [2.75, 3.05) is 0 Å². The van der Waals surface area contributed by atoms with Crippen molar-refractivity contribution >= 4 is 70.4 Å². The number of halogens is 4. The molecule has 1 N–H and O–H groups in total. The molecule has 0 spiro atoms. The number of nitrogens with one attached hydrogen (secondary N) is 1. The van der Waals surface area contributed by atoms with Crippen molar-refractivity contribution in [1.29, 1.82) is 0 Å². The molecule has 1 saturated heterocycles. The fraction of sp³-hybridized carbons (Fsp3) is 0.333. The van der Waals surface area contributed by atoms with Gasteiger partial charge in [-0.05, 0) is 18.3 Å². The molecule has 1 aliphatic heterocycles. The molecule has 0 saturated carbocycles. The standard InChI is InChI=1S/C7H8N2S.C2Cl4S/c1-2-3-6-4-5-8-7(10)9-6;3-1(4)2(5,6)7-1/h2,4-5H,1,3H2,(H,8,9,10);. The number of rotatable bonds is 2. The molecule has 0 amide bonds. The smallest absolute Gasteiger partial charge is 0.208 e. The first-order valence-corrected chi connectivity index (χ1v) is 7.13. The summed E-state index contributed by atoms with van der Waals surface area (Å²) in [5.41, 5.74) is 1.05. The summed E-state index contributed by atoms with van der Waals surface area (Å²) >= 11 is 27.5. The van der Waals surface area contributed by atoms with E-state index in [9.17, 15) is 0 Å². The second-order valence-electron chi connectivity index (χ2n) is 3.03. The number of aromatic nitrogens is 2. The summed E-state index contributed by atoms with van der Waals surface area (Å²) in [5.74, 6) is 0. The van der Waals surface area contributed by atoms with Crippen molar-refractivity contribution in [2.24, 2.45) is 0 Å². The fourth-order valence-electron chi connectivity index (χ4n) is 0.816. The largest absolute Gasteiger partial charge is 0.334 e. The predicted molar refractivity (Wildman–Crippen MR) is 79.8 cm³/mol. The van der Waals surface area contributed by atoms with E-state index in [0.717, 1.165) is 23.9 Å². The molecular weight excluding hydrogens is 342 g/mol. The number of hydrogen-bond acceptors (Lipinski definition) is 3. The number of aromatic amines is 1. The van der Waals surface area contributed by atoms with Gasteiger partial charge in [-0.1, -0.05) is 64.2 Å². The lowest BCUT2D eigenvalue weighted by molar-refractivity contribution is 1.03. The highest BCUT2D eigenvalue weighted by Gasteiger charge is 2.67.